The van der Waals surface area contributed by atoms with E-state index in [4.69, 9.17) is 14.2 Å². The summed E-state index contributed by atoms with van der Waals surface area (Å²) < 4.78 is 21.6. The van der Waals surface area contributed by atoms with E-state index in [0.29, 0.717) is 31.1 Å². The molecule has 8 heteroatoms. The van der Waals surface area contributed by atoms with E-state index in [1.165, 1.54) is 25.0 Å². The van der Waals surface area contributed by atoms with Gasteiger partial charge in [0.05, 0.1) is 13.0 Å². The molecule has 0 fully saturated rings. The second-order valence-electron chi connectivity index (χ2n) is 8.21. The third-order valence-electron chi connectivity index (χ3n) is 4.82. The average molecular weight is 453 g/mol. The van der Waals surface area contributed by atoms with Gasteiger partial charge in [-0.25, -0.2) is 9.03 Å². The molecule has 1 aromatic rings. The zero-order valence-corrected chi connectivity index (χ0v) is 20.0. The Kier molecular flexibility index (Phi) is 10.6. The molecule has 1 aliphatic heterocycles. The summed E-state index contributed by atoms with van der Waals surface area (Å²) in [5.41, 5.74) is 0.755. The van der Waals surface area contributed by atoms with E-state index < -0.39 is 0 Å². The Balaban J connectivity index is 1.80. The molecule has 1 heterocycles. The molecule has 0 saturated heterocycles. The molecule has 2 rings (SSSR count). The van der Waals surface area contributed by atoms with Crippen LogP contribution in [0.2, 0.25) is 0 Å². The minimum Gasteiger partial charge on any atom is -0.483 e. The van der Waals surface area contributed by atoms with Crippen LogP contribution in [-0.4, -0.2) is 48.1 Å². The Morgan fingerprint density at radius 2 is 1.97 bits per heavy atom. The predicted octanol–water partition coefficient (Wildman–Crippen LogP) is 4.29. The first-order valence-corrected chi connectivity index (χ1v) is 11.9. The molecule has 1 aromatic carbocycles. The van der Waals surface area contributed by atoms with E-state index >= 15 is 0 Å². The van der Waals surface area contributed by atoms with Gasteiger partial charge in [0, 0.05) is 37.2 Å². The average Bonchev–Trinajstić information content (AvgIpc) is 3.04. The lowest BCUT2D eigenvalue weighted by atomic mass is 10.0. The maximum Gasteiger partial charge on any atom is 0.326 e. The first-order valence-electron chi connectivity index (χ1n) is 11.2. The van der Waals surface area contributed by atoms with Gasteiger partial charge in [0.25, 0.3) is 0 Å². The Hall–Kier alpha value is -1.77. The van der Waals surface area contributed by atoms with Crippen molar-refractivity contribution in [3.05, 3.63) is 23.8 Å². The minimum atomic E-state index is -0.384. The fourth-order valence-corrected chi connectivity index (χ4v) is 4.14. The number of nitrogens with zero attached hydrogens (tertiary/aromatic N) is 1. The summed E-state index contributed by atoms with van der Waals surface area (Å²) in [4.78, 5) is 24.0. The molecular weight excluding hydrogens is 416 g/mol. The van der Waals surface area contributed by atoms with Crippen molar-refractivity contribution in [2.45, 2.75) is 71.8 Å². The van der Waals surface area contributed by atoms with Crippen molar-refractivity contribution in [2.75, 3.05) is 26.2 Å². The van der Waals surface area contributed by atoms with Crippen LogP contribution in [0.5, 0.6) is 11.5 Å². The normalized spacial score (nSPS) is 14.2. The third kappa shape index (κ3) is 9.09. The number of esters is 2. The number of hydrogen-bond acceptors (Lipinski definition) is 8. The lowest BCUT2D eigenvalue weighted by molar-refractivity contribution is -0.143. The smallest absolute Gasteiger partial charge is 0.326 e. The van der Waals surface area contributed by atoms with Crippen molar-refractivity contribution in [3.8, 4) is 11.5 Å². The Bertz CT molecular complexity index is 726. The van der Waals surface area contributed by atoms with Gasteiger partial charge in [0.15, 0.2) is 11.5 Å². The van der Waals surface area contributed by atoms with Gasteiger partial charge >= 0.3 is 11.9 Å². The highest BCUT2D eigenvalue weighted by Gasteiger charge is 2.32. The second kappa shape index (κ2) is 12.9. The van der Waals surface area contributed by atoms with Gasteiger partial charge < -0.3 is 14.2 Å². The zero-order chi connectivity index (χ0) is 22.7. The van der Waals surface area contributed by atoms with Gasteiger partial charge in [-0.15, -0.1) is 0 Å². The van der Waals surface area contributed by atoms with E-state index in [9.17, 15) is 9.59 Å². The van der Waals surface area contributed by atoms with Gasteiger partial charge in [-0.3, -0.25) is 9.59 Å². The monoisotopic (exact) mass is 452 g/mol. The van der Waals surface area contributed by atoms with E-state index in [1.54, 1.807) is 13.0 Å². The van der Waals surface area contributed by atoms with Crippen LogP contribution in [-0.2, 0) is 20.7 Å². The molecule has 0 saturated carbocycles. The topological polar surface area (TPSA) is 77.1 Å². The third-order valence-corrected chi connectivity index (χ3v) is 5.72. The summed E-state index contributed by atoms with van der Waals surface area (Å²) in [5, 5.41) is 0. The summed E-state index contributed by atoms with van der Waals surface area (Å²) in [5.74, 6) is 0.520. The number of carbonyl (C=O) groups excluding carboxylic acids is 2. The van der Waals surface area contributed by atoms with Crippen molar-refractivity contribution < 1.29 is 23.8 Å². The maximum absolute atomic E-state index is 12.4. The highest BCUT2D eigenvalue weighted by molar-refractivity contribution is 7.95. The van der Waals surface area contributed by atoms with Crippen LogP contribution < -0.4 is 14.2 Å². The standard InChI is InChI=1S/C23H36N2O5S/c1-5-7-8-9-14-25(15-13-20(26)28-6-2)31-24-17-21(27)29-19-12-10-11-18-16-23(3,4)30-22(18)19/h10-12,24H,5-9,13-17H2,1-4H3. The summed E-state index contributed by atoms with van der Waals surface area (Å²) >= 11 is 1.35. The van der Waals surface area contributed by atoms with Crippen LogP contribution >= 0.6 is 12.1 Å². The number of nitrogens with one attached hydrogen (secondary N) is 1. The van der Waals surface area contributed by atoms with Crippen molar-refractivity contribution in [1.82, 2.24) is 9.03 Å². The van der Waals surface area contributed by atoms with Crippen molar-refractivity contribution in [3.63, 3.8) is 0 Å². The molecule has 0 atom stereocenters. The molecule has 0 amide bonds. The van der Waals surface area contributed by atoms with E-state index in [-0.39, 0.29) is 24.1 Å². The number of fused-ring (bicyclic) bond motifs is 1. The van der Waals surface area contributed by atoms with Crippen molar-refractivity contribution >= 4 is 24.1 Å². The van der Waals surface area contributed by atoms with Gasteiger partial charge in [-0.2, -0.15) is 0 Å². The van der Waals surface area contributed by atoms with Gasteiger partial charge in [-0.1, -0.05) is 38.3 Å². The molecule has 0 aromatic heterocycles. The first kappa shape index (κ1) is 25.5. The van der Waals surface area contributed by atoms with Crippen molar-refractivity contribution in [1.29, 1.82) is 0 Å². The van der Waals surface area contributed by atoms with Crippen LogP contribution in [0.3, 0.4) is 0 Å². The van der Waals surface area contributed by atoms with E-state index in [2.05, 4.69) is 16.0 Å². The Morgan fingerprint density at radius 1 is 1.16 bits per heavy atom. The van der Waals surface area contributed by atoms with Crippen LogP contribution in [0.15, 0.2) is 18.2 Å². The molecule has 1 N–H and O–H groups in total. The largest absolute Gasteiger partial charge is 0.483 e. The number of benzene rings is 1. The predicted molar refractivity (Wildman–Crippen MR) is 123 cm³/mol. The SMILES string of the molecule is CCCCCCN(CCC(=O)OCC)SNCC(=O)Oc1cccc2c1OC(C)(C)C2. The number of ether oxygens (including phenoxy) is 3. The molecular formula is C23H36N2O5S. The number of hydrogen-bond donors (Lipinski definition) is 1. The molecule has 174 valence electrons. The Morgan fingerprint density at radius 3 is 2.71 bits per heavy atom. The summed E-state index contributed by atoms with van der Waals surface area (Å²) in [6.07, 6.45) is 5.66. The highest BCUT2D eigenvalue weighted by atomic mass is 32.2. The summed E-state index contributed by atoms with van der Waals surface area (Å²) in [6.45, 7) is 9.84. The molecule has 0 spiro atoms. The van der Waals surface area contributed by atoms with Gasteiger partial charge in [0.1, 0.15) is 12.1 Å². The van der Waals surface area contributed by atoms with Crippen LogP contribution in [0, 0.1) is 0 Å². The lowest BCUT2D eigenvalue weighted by Crippen LogP contribution is -2.29. The quantitative estimate of drug-likeness (QED) is 0.194. The number of rotatable bonds is 14. The fraction of sp³-hybridized carbons (Fsp3) is 0.652. The van der Waals surface area contributed by atoms with E-state index in [0.717, 1.165) is 31.4 Å². The number of carbonyl (C=O) groups is 2. The fourth-order valence-electron chi connectivity index (χ4n) is 3.38. The van der Waals surface area contributed by atoms with Crippen molar-refractivity contribution in [2.24, 2.45) is 0 Å². The lowest BCUT2D eigenvalue weighted by Gasteiger charge is -2.20. The summed E-state index contributed by atoms with van der Waals surface area (Å²) in [6, 6.07) is 5.63. The molecule has 0 bridgehead atoms. The van der Waals surface area contributed by atoms with Crippen LogP contribution in [0.1, 0.15) is 65.4 Å². The number of para-hydroxylation sites is 1. The van der Waals surface area contributed by atoms with E-state index in [1.807, 2.05) is 26.0 Å². The maximum atomic E-state index is 12.4. The van der Waals surface area contributed by atoms with Gasteiger partial charge in [-0.05, 0) is 33.3 Å². The zero-order valence-electron chi connectivity index (χ0n) is 19.2. The second-order valence-corrected chi connectivity index (χ2v) is 9.20. The molecule has 1 aliphatic rings. The Labute approximate surface area is 190 Å². The molecule has 0 unspecified atom stereocenters. The van der Waals surface area contributed by atoms with Crippen LogP contribution in [0.4, 0.5) is 0 Å². The first-order chi connectivity index (χ1) is 14.8. The molecule has 31 heavy (non-hydrogen) atoms. The summed E-state index contributed by atoms with van der Waals surface area (Å²) in [7, 11) is 0. The molecule has 0 aliphatic carbocycles. The molecule has 0 radical (unpaired) electrons. The van der Waals surface area contributed by atoms with Crippen LogP contribution in [0.25, 0.3) is 0 Å². The molecule has 7 nitrogen and oxygen atoms in total. The number of unbranched alkanes of at least 4 members (excludes halogenated alkanes) is 3. The minimum absolute atomic E-state index is 0.0442. The van der Waals surface area contributed by atoms with Gasteiger partial charge in [0.2, 0.25) is 0 Å². The highest BCUT2D eigenvalue weighted by Crippen LogP contribution is 2.41.